The molecule has 31 heavy (non-hydrogen) atoms. The van der Waals surface area contributed by atoms with Crippen LogP contribution in [-0.2, 0) is 16.0 Å². The molecule has 2 aliphatic heterocycles. The number of para-hydroxylation sites is 1. The lowest BCUT2D eigenvalue weighted by Crippen LogP contribution is -2.47. The van der Waals surface area contributed by atoms with E-state index in [1.165, 1.54) is 25.7 Å². The van der Waals surface area contributed by atoms with Gasteiger partial charge in [-0.15, -0.1) is 0 Å². The standard InChI is InChI=1S/C25H39N3O3/c1-2-26-25(27-17-21-7-3-4-9-24(21)31-18-20-10-11-20)28-14-12-22(13-15-28)30-19-23-8-5-6-16-29-23/h3-4,7,9,20,22-23H,2,5-6,8,10-19H2,1H3,(H,26,27). The Morgan fingerprint density at radius 2 is 1.94 bits per heavy atom. The Morgan fingerprint density at radius 3 is 2.68 bits per heavy atom. The predicted octanol–water partition coefficient (Wildman–Crippen LogP) is 3.99. The number of hydrogen-bond acceptors (Lipinski definition) is 4. The molecule has 172 valence electrons. The first-order chi connectivity index (χ1) is 15.3. The van der Waals surface area contributed by atoms with E-state index in [4.69, 9.17) is 19.2 Å². The third-order valence-electron chi connectivity index (χ3n) is 6.41. The molecule has 6 heteroatoms. The fourth-order valence-electron chi connectivity index (χ4n) is 4.27. The maximum absolute atomic E-state index is 6.18. The van der Waals surface area contributed by atoms with Gasteiger partial charge in [-0.1, -0.05) is 18.2 Å². The van der Waals surface area contributed by atoms with Crippen LogP contribution < -0.4 is 10.1 Å². The molecule has 1 atom stereocenters. The number of aliphatic imine (C=N–C) groups is 1. The Morgan fingerprint density at radius 1 is 1.10 bits per heavy atom. The first kappa shape index (κ1) is 22.4. The van der Waals surface area contributed by atoms with E-state index in [-0.39, 0.29) is 0 Å². The minimum Gasteiger partial charge on any atom is -0.493 e. The van der Waals surface area contributed by atoms with E-state index in [1.807, 2.05) is 6.07 Å². The Kier molecular flexibility index (Phi) is 8.47. The molecule has 1 unspecified atom stereocenters. The van der Waals surface area contributed by atoms with Gasteiger partial charge in [-0.3, -0.25) is 0 Å². The highest BCUT2D eigenvalue weighted by Gasteiger charge is 2.24. The third-order valence-corrected chi connectivity index (χ3v) is 6.41. The number of ether oxygens (including phenoxy) is 3. The molecular weight excluding hydrogens is 390 g/mol. The smallest absolute Gasteiger partial charge is 0.194 e. The third kappa shape index (κ3) is 7.11. The van der Waals surface area contributed by atoms with Crippen LogP contribution in [0.1, 0.15) is 57.4 Å². The summed E-state index contributed by atoms with van der Waals surface area (Å²) >= 11 is 0. The highest BCUT2D eigenvalue weighted by molar-refractivity contribution is 5.80. The molecule has 1 aromatic carbocycles. The number of rotatable bonds is 9. The highest BCUT2D eigenvalue weighted by atomic mass is 16.5. The molecule has 2 saturated heterocycles. The second-order valence-electron chi connectivity index (χ2n) is 9.04. The molecule has 0 spiro atoms. The second-order valence-corrected chi connectivity index (χ2v) is 9.04. The Hall–Kier alpha value is -1.79. The molecule has 0 bridgehead atoms. The average Bonchev–Trinajstić information content (AvgIpc) is 3.65. The molecule has 3 fully saturated rings. The van der Waals surface area contributed by atoms with Gasteiger partial charge in [0.1, 0.15) is 5.75 Å². The van der Waals surface area contributed by atoms with Crippen molar-refractivity contribution < 1.29 is 14.2 Å². The average molecular weight is 430 g/mol. The number of nitrogens with one attached hydrogen (secondary N) is 1. The van der Waals surface area contributed by atoms with Gasteiger partial charge in [0.25, 0.3) is 0 Å². The van der Waals surface area contributed by atoms with E-state index in [9.17, 15) is 0 Å². The zero-order chi connectivity index (χ0) is 21.3. The summed E-state index contributed by atoms with van der Waals surface area (Å²) in [5.41, 5.74) is 1.16. The van der Waals surface area contributed by atoms with Crippen LogP contribution in [0.5, 0.6) is 5.75 Å². The van der Waals surface area contributed by atoms with Gasteiger partial charge >= 0.3 is 0 Å². The number of guanidine groups is 1. The zero-order valence-electron chi connectivity index (χ0n) is 19.1. The molecule has 6 nitrogen and oxygen atoms in total. The van der Waals surface area contributed by atoms with E-state index in [0.29, 0.717) is 18.8 Å². The maximum Gasteiger partial charge on any atom is 0.194 e. The number of nitrogens with zero attached hydrogens (tertiary/aromatic N) is 2. The summed E-state index contributed by atoms with van der Waals surface area (Å²) < 4.78 is 18.0. The molecule has 1 N–H and O–H groups in total. The Labute approximate surface area is 187 Å². The van der Waals surface area contributed by atoms with Crippen LogP contribution in [0.3, 0.4) is 0 Å². The van der Waals surface area contributed by atoms with Crippen LogP contribution in [0.15, 0.2) is 29.3 Å². The first-order valence-corrected chi connectivity index (χ1v) is 12.3. The molecule has 1 saturated carbocycles. The fraction of sp³-hybridized carbons (Fsp3) is 0.720. The van der Waals surface area contributed by atoms with Gasteiger partial charge in [0.05, 0.1) is 32.0 Å². The van der Waals surface area contributed by atoms with Crippen molar-refractivity contribution in [1.82, 2.24) is 10.2 Å². The molecule has 0 aromatic heterocycles. The van der Waals surface area contributed by atoms with Crippen molar-refractivity contribution in [3.05, 3.63) is 29.8 Å². The van der Waals surface area contributed by atoms with Gasteiger partial charge in [-0.05, 0) is 63.9 Å². The second kappa shape index (κ2) is 11.7. The van der Waals surface area contributed by atoms with Crippen molar-refractivity contribution in [3.8, 4) is 5.75 Å². The van der Waals surface area contributed by atoms with Crippen molar-refractivity contribution in [3.63, 3.8) is 0 Å². The van der Waals surface area contributed by atoms with E-state index in [1.54, 1.807) is 0 Å². The largest absolute Gasteiger partial charge is 0.493 e. The lowest BCUT2D eigenvalue weighted by molar-refractivity contribution is -0.0721. The molecule has 1 aromatic rings. The zero-order valence-corrected chi connectivity index (χ0v) is 19.1. The van der Waals surface area contributed by atoms with Crippen molar-refractivity contribution in [1.29, 1.82) is 0 Å². The van der Waals surface area contributed by atoms with Crippen molar-refractivity contribution >= 4 is 5.96 Å². The summed E-state index contributed by atoms with van der Waals surface area (Å²) in [6.45, 7) is 8.05. The first-order valence-electron chi connectivity index (χ1n) is 12.3. The fourth-order valence-corrected chi connectivity index (χ4v) is 4.27. The summed E-state index contributed by atoms with van der Waals surface area (Å²) in [6.07, 6.45) is 8.92. The van der Waals surface area contributed by atoms with Crippen LogP contribution in [0.2, 0.25) is 0 Å². The lowest BCUT2D eigenvalue weighted by Gasteiger charge is -2.35. The topological polar surface area (TPSA) is 55.3 Å². The summed E-state index contributed by atoms with van der Waals surface area (Å²) in [7, 11) is 0. The number of benzene rings is 1. The molecule has 1 aliphatic carbocycles. The summed E-state index contributed by atoms with van der Waals surface area (Å²) in [5.74, 6) is 2.72. The van der Waals surface area contributed by atoms with Crippen LogP contribution in [0.25, 0.3) is 0 Å². The van der Waals surface area contributed by atoms with Crippen LogP contribution in [-0.4, -0.2) is 62.5 Å². The SMILES string of the molecule is CCNC(=NCc1ccccc1OCC1CC1)N1CCC(OCC2CCCCO2)CC1. The monoisotopic (exact) mass is 429 g/mol. The van der Waals surface area contributed by atoms with Gasteiger partial charge in [0, 0.05) is 31.8 Å². The summed E-state index contributed by atoms with van der Waals surface area (Å²) in [6, 6.07) is 8.31. The molecular formula is C25H39N3O3. The van der Waals surface area contributed by atoms with Gasteiger partial charge in [0.15, 0.2) is 5.96 Å². The molecule has 3 aliphatic rings. The minimum absolute atomic E-state index is 0.299. The summed E-state index contributed by atoms with van der Waals surface area (Å²) in [4.78, 5) is 7.32. The van der Waals surface area contributed by atoms with Crippen LogP contribution in [0.4, 0.5) is 0 Å². The van der Waals surface area contributed by atoms with E-state index >= 15 is 0 Å². The Balaban J connectivity index is 1.27. The van der Waals surface area contributed by atoms with Gasteiger partial charge in [0.2, 0.25) is 0 Å². The molecule has 4 rings (SSSR count). The van der Waals surface area contributed by atoms with Gasteiger partial charge in [-0.25, -0.2) is 4.99 Å². The summed E-state index contributed by atoms with van der Waals surface area (Å²) in [5, 5.41) is 3.48. The highest BCUT2D eigenvalue weighted by Crippen LogP contribution is 2.30. The Bertz CT molecular complexity index is 693. The molecule has 2 heterocycles. The van der Waals surface area contributed by atoms with Crippen molar-refractivity contribution in [2.75, 3.05) is 39.5 Å². The number of piperidine rings is 1. The quantitative estimate of drug-likeness (QED) is 0.475. The van der Waals surface area contributed by atoms with Crippen molar-refractivity contribution in [2.45, 2.75) is 70.6 Å². The number of hydrogen-bond donors (Lipinski definition) is 1. The van der Waals surface area contributed by atoms with Crippen molar-refractivity contribution in [2.24, 2.45) is 10.9 Å². The van der Waals surface area contributed by atoms with E-state index < -0.39 is 0 Å². The van der Waals surface area contributed by atoms with Gasteiger partial charge in [-0.2, -0.15) is 0 Å². The predicted molar refractivity (Wildman–Crippen MR) is 124 cm³/mol. The van der Waals surface area contributed by atoms with Crippen LogP contribution >= 0.6 is 0 Å². The molecule has 0 amide bonds. The van der Waals surface area contributed by atoms with Crippen LogP contribution in [0, 0.1) is 5.92 Å². The number of likely N-dealkylation sites (tertiary alicyclic amines) is 1. The van der Waals surface area contributed by atoms with Gasteiger partial charge < -0.3 is 24.4 Å². The normalized spacial score (nSPS) is 23.1. The maximum atomic E-state index is 6.18. The van der Waals surface area contributed by atoms with E-state index in [2.05, 4.69) is 35.3 Å². The molecule has 0 radical (unpaired) electrons. The van der Waals surface area contributed by atoms with E-state index in [0.717, 1.165) is 81.9 Å². The lowest BCUT2D eigenvalue weighted by atomic mass is 10.1. The minimum atomic E-state index is 0.299.